The average Bonchev–Trinajstić information content (AvgIpc) is 2.22. The van der Waals surface area contributed by atoms with E-state index in [2.05, 4.69) is 4.74 Å². The van der Waals surface area contributed by atoms with E-state index >= 15 is 0 Å². The van der Waals surface area contributed by atoms with Crippen molar-refractivity contribution in [2.75, 3.05) is 6.61 Å². The lowest BCUT2D eigenvalue weighted by Gasteiger charge is -2.04. The van der Waals surface area contributed by atoms with E-state index in [9.17, 15) is 13.6 Å². The van der Waals surface area contributed by atoms with Gasteiger partial charge >= 0.3 is 5.97 Å². The summed E-state index contributed by atoms with van der Waals surface area (Å²) in [5.74, 6) is -2.41. The van der Waals surface area contributed by atoms with E-state index in [1.54, 1.807) is 13.0 Å². The Labute approximate surface area is 91.3 Å². The number of hydrogen-bond donors (Lipinski definition) is 0. The standard InChI is InChI=1S/C11H9F2NO2/c1-2-16-11(15)4-7-3-8(6-14)10(13)5-9(7)12/h3,5H,2,4H2,1H3. The van der Waals surface area contributed by atoms with Crippen LogP contribution >= 0.6 is 0 Å². The molecule has 0 saturated heterocycles. The molecule has 84 valence electrons. The molecule has 0 radical (unpaired) electrons. The minimum atomic E-state index is -0.937. The van der Waals surface area contributed by atoms with Gasteiger partial charge in [0.05, 0.1) is 18.6 Å². The molecule has 3 nitrogen and oxygen atoms in total. The maximum absolute atomic E-state index is 13.2. The first-order valence-electron chi connectivity index (χ1n) is 4.62. The van der Waals surface area contributed by atoms with Gasteiger partial charge in [0.2, 0.25) is 0 Å². The van der Waals surface area contributed by atoms with E-state index in [-0.39, 0.29) is 24.2 Å². The zero-order chi connectivity index (χ0) is 12.1. The summed E-state index contributed by atoms with van der Waals surface area (Å²) in [6.45, 7) is 1.81. The summed E-state index contributed by atoms with van der Waals surface area (Å²) in [5.41, 5.74) is -0.336. The average molecular weight is 225 g/mol. The van der Waals surface area contributed by atoms with Gasteiger partial charge in [0.25, 0.3) is 0 Å². The van der Waals surface area contributed by atoms with Crippen molar-refractivity contribution in [2.24, 2.45) is 0 Å². The molecule has 0 atom stereocenters. The second kappa shape index (κ2) is 5.21. The molecule has 0 aliphatic carbocycles. The van der Waals surface area contributed by atoms with Crippen molar-refractivity contribution in [3.8, 4) is 6.07 Å². The van der Waals surface area contributed by atoms with E-state index in [1.807, 2.05) is 0 Å². The number of rotatable bonds is 3. The van der Waals surface area contributed by atoms with Gasteiger partial charge in [0, 0.05) is 11.6 Å². The third-order valence-corrected chi connectivity index (χ3v) is 1.90. The molecule has 0 N–H and O–H groups in total. The van der Waals surface area contributed by atoms with Crippen LogP contribution in [0.1, 0.15) is 18.1 Å². The normalized spacial score (nSPS) is 9.62. The first-order valence-corrected chi connectivity index (χ1v) is 4.62. The lowest BCUT2D eigenvalue weighted by atomic mass is 10.1. The van der Waals surface area contributed by atoms with Crippen molar-refractivity contribution in [3.05, 3.63) is 34.9 Å². The number of benzene rings is 1. The van der Waals surface area contributed by atoms with Crippen LogP contribution in [0.3, 0.4) is 0 Å². The number of carbonyl (C=O) groups is 1. The predicted molar refractivity (Wildman–Crippen MR) is 51.4 cm³/mol. The van der Waals surface area contributed by atoms with Gasteiger partial charge in [-0.2, -0.15) is 5.26 Å². The van der Waals surface area contributed by atoms with E-state index in [0.717, 1.165) is 6.07 Å². The van der Waals surface area contributed by atoms with Crippen molar-refractivity contribution in [1.82, 2.24) is 0 Å². The maximum atomic E-state index is 13.2. The molecule has 0 bridgehead atoms. The van der Waals surface area contributed by atoms with Gasteiger partial charge in [-0.1, -0.05) is 0 Å². The Morgan fingerprint density at radius 2 is 2.12 bits per heavy atom. The number of halogens is 2. The monoisotopic (exact) mass is 225 g/mol. The second-order valence-electron chi connectivity index (χ2n) is 3.02. The fourth-order valence-electron chi connectivity index (χ4n) is 1.18. The molecule has 0 fully saturated rings. The highest BCUT2D eigenvalue weighted by Crippen LogP contribution is 2.15. The summed E-state index contributed by atoms with van der Waals surface area (Å²) >= 11 is 0. The molecular formula is C11H9F2NO2. The lowest BCUT2D eigenvalue weighted by molar-refractivity contribution is -0.142. The molecule has 0 aliphatic rings. The van der Waals surface area contributed by atoms with Gasteiger partial charge in [-0.15, -0.1) is 0 Å². The van der Waals surface area contributed by atoms with Crippen LogP contribution in [0, 0.1) is 23.0 Å². The minimum absolute atomic E-state index is 0.0450. The van der Waals surface area contributed by atoms with Crippen LogP contribution in [0.25, 0.3) is 0 Å². The quantitative estimate of drug-likeness (QED) is 0.738. The lowest BCUT2D eigenvalue weighted by Crippen LogP contribution is -2.09. The molecule has 1 rings (SSSR count). The largest absolute Gasteiger partial charge is 0.466 e. The summed E-state index contributed by atoms with van der Waals surface area (Å²) in [6.07, 6.45) is -0.311. The summed E-state index contributed by atoms with van der Waals surface area (Å²) < 4.78 is 30.8. The highest BCUT2D eigenvalue weighted by molar-refractivity contribution is 5.72. The van der Waals surface area contributed by atoms with E-state index in [1.165, 1.54) is 0 Å². The number of ether oxygens (including phenoxy) is 1. The smallest absolute Gasteiger partial charge is 0.310 e. The maximum Gasteiger partial charge on any atom is 0.310 e. The van der Waals surface area contributed by atoms with Crippen LogP contribution in [0.5, 0.6) is 0 Å². The van der Waals surface area contributed by atoms with Crippen molar-refractivity contribution in [1.29, 1.82) is 5.26 Å². The zero-order valence-corrected chi connectivity index (χ0v) is 8.59. The Bertz CT molecular complexity index is 452. The molecule has 0 unspecified atom stereocenters. The van der Waals surface area contributed by atoms with Crippen LogP contribution in [-0.4, -0.2) is 12.6 Å². The van der Waals surface area contributed by atoms with Crippen molar-refractivity contribution >= 4 is 5.97 Å². The number of hydrogen-bond acceptors (Lipinski definition) is 3. The van der Waals surface area contributed by atoms with Gasteiger partial charge in [0.15, 0.2) is 0 Å². The van der Waals surface area contributed by atoms with E-state index in [0.29, 0.717) is 6.07 Å². The van der Waals surface area contributed by atoms with Crippen LogP contribution in [0.2, 0.25) is 0 Å². The fourth-order valence-corrected chi connectivity index (χ4v) is 1.18. The van der Waals surface area contributed by atoms with E-state index < -0.39 is 17.6 Å². The van der Waals surface area contributed by atoms with Gasteiger partial charge < -0.3 is 4.74 Å². The summed E-state index contributed by atoms with van der Waals surface area (Å²) in [5, 5.41) is 8.54. The Morgan fingerprint density at radius 1 is 1.44 bits per heavy atom. The minimum Gasteiger partial charge on any atom is -0.466 e. The van der Waals surface area contributed by atoms with Gasteiger partial charge in [-0.3, -0.25) is 4.79 Å². The third-order valence-electron chi connectivity index (χ3n) is 1.90. The van der Waals surface area contributed by atoms with Crippen LogP contribution in [0.4, 0.5) is 8.78 Å². The third kappa shape index (κ3) is 2.76. The SMILES string of the molecule is CCOC(=O)Cc1cc(C#N)c(F)cc1F. The summed E-state index contributed by atoms with van der Waals surface area (Å²) in [4.78, 5) is 11.1. The van der Waals surface area contributed by atoms with Crippen LogP contribution in [-0.2, 0) is 16.0 Å². The topological polar surface area (TPSA) is 50.1 Å². The molecule has 5 heteroatoms. The zero-order valence-electron chi connectivity index (χ0n) is 8.59. The molecule has 0 saturated carbocycles. The summed E-state index contributed by atoms with van der Waals surface area (Å²) in [7, 11) is 0. The molecule has 0 aliphatic heterocycles. The Hall–Kier alpha value is -1.96. The molecule has 16 heavy (non-hydrogen) atoms. The number of nitrogens with zero attached hydrogens (tertiary/aromatic N) is 1. The molecule has 1 aromatic carbocycles. The van der Waals surface area contributed by atoms with Gasteiger partial charge in [-0.25, -0.2) is 8.78 Å². The molecule has 0 spiro atoms. The fraction of sp³-hybridized carbons (Fsp3) is 0.273. The van der Waals surface area contributed by atoms with Gasteiger partial charge in [-0.05, 0) is 13.0 Å². The number of esters is 1. The highest BCUT2D eigenvalue weighted by atomic mass is 19.1. The molecule has 0 amide bonds. The van der Waals surface area contributed by atoms with Crippen molar-refractivity contribution < 1.29 is 18.3 Å². The van der Waals surface area contributed by atoms with Crippen molar-refractivity contribution in [3.63, 3.8) is 0 Å². The van der Waals surface area contributed by atoms with Crippen LogP contribution < -0.4 is 0 Å². The second-order valence-corrected chi connectivity index (χ2v) is 3.02. The van der Waals surface area contributed by atoms with Crippen LogP contribution in [0.15, 0.2) is 12.1 Å². The predicted octanol–water partition coefficient (Wildman–Crippen LogP) is 1.94. The van der Waals surface area contributed by atoms with Crippen molar-refractivity contribution in [2.45, 2.75) is 13.3 Å². The Kier molecular flexibility index (Phi) is 3.95. The van der Waals surface area contributed by atoms with E-state index in [4.69, 9.17) is 5.26 Å². The van der Waals surface area contributed by atoms with Gasteiger partial charge in [0.1, 0.15) is 17.7 Å². The highest BCUT2D eigenvalue weighted by Gasteiger charge is 2.13. The molecule has 0 aromatic heterocycles. The Balaban J connectivity index is 2.97. The summed E-state index contributed by atoms with van der Waals surface area (Å²) in [6, 6.07) is 3.18. The molecule has 0 heterocycles. The number of carbonyl (C=O) groups excluding carboxylic acids is 1. The molecular weight excluding hydrogens is 216 g/mol. The number of nitriles is 1. The first-order chi connectivity index (χ1) is 7.58. The molecule has 1 aromatic rings. The first kappa shape index (κ1) is 12.1. The Morgan fingerprint density at radius 3 is 2.69 bits per heavy atom.